The molecule has 0 radical (unpaired) electrons. The maximum Gasteiger partial charge on any atom is 0.125 e. The third kappa shape index (κ3) is 43.3. The average molecular weight is 367 g/mol. The molecular weight excluding hydrogens is 316 g/mol. The van der Waals surface area contributed by atoms with Crippen LogP contribution in [0.5, 0.6) is 0 Å². The first kappa shape index (κ1) is 35.7. The molecule has 156 valence electrons. The second-order valence-electron chi connectivity index (χ2n) is 5.17. The number of aromatic nitrogens is 2. The van der Waals surface area contributed by atoms with Gasteiger partial charge in [-0.25, -0.2) is 9.97 Å². The highest BCUT2D eigenvalue weighted by molar-refractivity contribution is 5.01. The highest BCUT2D eigenvalue weighted by Gasteiger charge is 1.93. The lowest BCUT2D eigenvalue weighted by molar-refractivity contribution is 0.576. The molecule has 0 N–H and O–H groups in total. The number of hydrogen-bond donors (Lipinski definition) is 0. The molecule has 0 atom stereocenters. The van der Waals surface area contributed by atoms with Crippen LogP contribution in [0.1, 0.15) is 113 Å². The summed E-state index contributed by atoms with van der Waals surface area (Å²) in [5.74, 6) is 4.02. The lowest BCUT2D eigenvalue weighted by atomic mass is 10.1. The predicted octanol–water partition coefficient (Wildman–Crippen LogP) is 8.29. The standard InChI is InChI=1S/C9H14N2.C6H14.C3H4.3C2H6/c1-3-4-5-9-6-7-10-8(2)11-9;1-4-5-6(2)3;1-3-2;3*1-2/h6-7H,3-5H2,1-2H3;6H,4-5H2,1-3H3;1H,2H3;3*1-2H3. The van der Waals surface area contributed by atoms with Crippen molar-refractivity contribution in [2.45, 2.75) is 115 Å². The lowest BCUT2D eigenvalue weighted by Gasteiger charge is -1.98. The van der Waals surface area contributed by atoms with Crippen LogP contribution in [0.2, 0.25) is 0 Å². The van der Waals surface area contributed by atoms with Gasteiger partial charge < -0.3 is 0 Å². The highest BCUT2D eigenvalue weighted by atomic mass is 14.9. The average Bonchev–Trinajstić information content (AvgIpc) is 2.66. The van der Waals surface area contributed by atoms with Crippen molar-refractivity contribution >= 4 is 0 Å². The Balaban J connectivity index is -0.0000000837. The topological polar surface area (TPSA) is 25.8 Å². The summed E-state index contributed by atoms with van der Waals surface area (Å²) < 4.78 is 0. The molecule has 1 aromatic rings. The number of terminal acetylenes is 1. The summed E-state index contributed by atoms with van der Waals surface area (Å²) in [6.45, 7) is 24.5. The molecule has 0 fully saturated rings. The fourth-order valence-corrected chi connectivity index (χ4v) is 1.58. The molecule has 0 saturated heterocycles. The van der Waals surface area contributed by atoms with E-state index in [9.17, 15) is 0 Å². The molecule has 0 aromatic carbocycles. The van der Waals surface area contributed by atoms with Crippen LogP contribution in [0.15, 0.2) is 12.3 Å². The van der Waals surface area contributed by atoms with E-state index in [-0.39, 0.29) is 0 Å². The van der Waals surface area contributed by atoms with Crippen molar-refractivity contribution in [1.82, 2.24) is 9.97 Å². The zero-order valence-electron chi connectivity index (χ0n) is 20.2. The van der Waals surface area contributed by atoms with E-state index in [1.165, 1.54) is 31.4 Å². The number of unbranched alkanes of at least 4 members (excludes halogenated alkanes) is 1. The highest BCUT2D eigenvalue weighted by Crippen LogP contribution is 2.01. The summed E-state index contributed by atoms with van der Waals surface area (Å²) in [7, 11) is 0. The van der Waals surface area contributed by atoms with Gasteiger partial charge in [0, 0.05) is 11.9 Å². The maximum absolute atomic E-state index is 4.60. The normalized spacial score (nSPS) is 7.54. The van der Waals surface area contributed by atoms with Gasteiger partial charge in [0.2, 0.25) is 0 Å². The van der Waals surface area contributed by atoms with E-state index < -0.39 is 0 Å². The Morgan fingerprint density at radius 1 is 1.00 bits per heavy atom. The number of nitrogens with zero attached hydrogens (tertiary/aromatic N) is 2. The fourth-order valence-electron chi connectivity index (χ4n) is 1.58. The Morgan fingerprint density at radius 2 is 1.46 bits per heavy atom. The molecule has 2 nitrogen and oxygen atoms in total. The summed E-state index contributed by atoms with van der Waals surface area (Å²) in [5, 5.41) is 0. The molecule has 0 aliphatic rings. The van der Waals surface area contributed by atoms with Crippen molar-refractivity contribution in [2.24, 2.45) is 5.92 Å². The maximum atomic E-state index is 4.60. The minimum absolute atomic E-state index is 0.874. The molecule has 1 aromatic heterocycles. The fraction of sp³-hybridized carbons (Fsp3) is 0.750. The van der Waals surface area contributed by atoms with Gasteiger partial charge in [-0.05, 0) is 38.7 Å². The van der Waals surface area contributed by atoms with Gasteiger partial charge in [-0.2, -0.15) is 0 Å². The van der Waals surface area contributed by atoms with Gasteiger partial charge in [0.15, 0.2) is 0 Å². The summed E-state index contributed by atoms with van der Waals surface area (Å²) in [6, 6.07) is 1.99. The molecule has 0 amide bonds. The zero-order chi connectivity index (χ0) is 21.8. The van der Waals surface area contributed by atoms with Crippen molar-refractivity contribution in [3.8, 4) is 12.3 Å². The molecule has 1 rings (SSSR count). The molecule has 2 heteroatoms. The van der Waals surface area contributed by atoms with Gasteiger partial charge in [-0.15, -0.1) is 12.3 Å². The van der Waals surface area contributed by atoms with E-state index in [1.54, 1.807) is 6.92 Å². The Hall–Kier alpha value is -1.36. The smallest absolute Gasteiger partial charge is 0.125 e. The Bertz CT molecular complexity index is 351. The zero-order valence-corrected chi connectivity index (χ0v) is 20.2. The van der Waals surface area contributed by atoms with E-state index in [1.807, 2.05) is 60.7 Å². The third-order valence-electron chi connectivity index (χ3n) is 2.49. The summed E-state index contributed by atoms with van der Waals surface area (Å²) in [5.41, 5.74) is 1.17. The molecule has 0 aliphatic heterocycles. The van der Waals surface area contributed by atoms with Crippen LogP contribution in [0.3, 0.4) is 0 Å². The molecule has 0 spiro atoms. The van der Waals surface area contributed by atoms with Crippen LogP contribution in [0.25, 0.3) is 0 Å². The SMILES string of the molecule is C#CC.CC.CC.CC.CCCC(C)C.CCCCc1ccnc(C)n1. The number of hydrogen-bond acceptors (Lipinski definition) is 2. The quantitative estimate of drug-likeness (QED) is 0.490. The van der Waals surface area contributed by atoms with Crippen molar-refractivity contribution in [1.29, 1.82) is 0 Å². The van der Waals surface area contributed by atoms with Crippen LogP contribution in [0, 0.1) is 25.2 Å². The Labute approximate surface area is 167 Å². The molecule has 26 heavy (non-hydrogen) atoms. The molecular formula is C24H50N2. The first-order valence-electron chi connectivity index (χ1n) is 10.7. The second kappa shape index (κ2) is 38.9. The van der Waals surface area contributed by atoms with Crippen LogP contribution in [0.4, 0.5) is 0 Å². The van der Waals surface area contributed by atoms with Crippen LogP contribution < -0.4 is 0 Å². The van der Waals surface area contributed by atoms with E-state index in [0.29, 0.717) is 0 Å². The molecule has 1 heterocycles. The first-order valence-corrected chi connectivity index (χ1v) is 10.7. The van der Waals surface area contributed by atoms with Crippen molar-refractivity contribution in [3.05, 3.63) is 23.8 Å². The Morgan fingerprint density at radius 3 is 1.73 bits per heavy atom. The predicted molar refractivity (Wildman–Crippen MR) is 124 cm³/mol. The number of rotatable bonds is 5. The summed E-state index contributed by atoms with van der Waals surface area (Å²) >= 11 is 0. The van der Waals surface area contributed by atoms with Crippen molar-refractivity contribution in [2.75, 3.05) is 0 Å². The van der Waals surface area contributed by atoms with E-state index in [4.69, 9.17) is 0 Å². The van der Waals surface area contributed by atoms with E-state index in [0.717, 1.165) is 18.2 Å². The van der Waals surface area contributed by atoms with Gasteiger partial charge in [0.05, 0.1) is 0 Å². The van der Waals surface area contributed by atoms with Crippen molar-refractivity contribution in [3.63, 3.8) is 0 Å². The van der Waals surface area contributed by atoms with E-state index >= 15 is 0 Å². The van der Waals surface area contributed by atoms with Gasteiger partial charge in [-0.1, -0.05) is 88.5 Å². The van der Waals surface area contributed by atoms with Crippen LogP contribution in [-0.2, 0) is 6.42 Å². The monoisotopic (exact) mass is 366 g/mol. The third-order valence-corrected chi connectivity index (χ3v) is 2.49. The Kier molecular flexibility index (Phi) is 53.5. The van der Waals surface area contributed by atoms with Crippen LogP contribution in [-0.4, -0.2) is 9.97 Å². The second-order valence-corrected chi connectivity index (χ2v) is 5.17. The van der Waals surface area contributed by atoms with Gasteiger partial charge >= 0.3 is 0 Å². The first-order chi connectivity index (χ1) is 12.5. The summed E-state index contributed by atoms with van der Waals surface area (Å²) in [4.78, 5) is 8.34. The van der Waals surface area contributed by atoms with Crippen LogP contribution >= 0.6 is 0 Å². The molecule has 0 aliphatic carbocycles. The van der Waals surface area contributed by atoms with Gasteiger partial charge in [-0.3, -0.25) is 0 Å². The van der Waals surface area contributed by atoms with Crippen molar-refractivity contribution < 1.29 is 0 Å². The lowest BCUT2D eigenvalue weighted by Crippen LogP contribution is -1.93. The summed E-state index contributed by atoms with van der Waals surface area (Å²) in [6.07, 6.45) is 12.7. The number of aryl methyl sites for hydroxylation is 2. The van der Waals surface area contributed by atoms with Gasteiger partial charge in [0.1, 0.15) is 5.82 Å². The minimum Gasteiger partial charge on any atom is -0.242 e. The molecule has 0 bridgehead atoms. The largest absolute Gasteiger partial charge is 0.242 e. The molecule has 0 saturated carbocycles. The minimum atomic E-state index is 0.874. The molecule has 0 unspecified atom stereocenters. The van der Waals surface area contributed by atoms with Gasteiger partial charge in [0.25, 0.3) is 0 Å². The van der Waals surface area contributed by atoms with E-state index in [2.05, 4.69) is 50.0 Å².